The number of hydrogen-bond donors (Lipinski definition) is 0. The van der Waals surface area contributed by atoms with Crippen LogP contribution >= 0.6 is 0 Å². The van der Waals surface area contributed by atoms with Crippen molar-refractivity contribution >= 4 is 32.4 Å². The maximum absolute atomic E-state index is 6.42. The second kappa shape index (κ2) is 14.2. The summed E-state index contributed by atoms with van der Waals surface area (Å²) >= 11 is -3.31. The first-order valence-corrected chi connectivity index (χ1v) is 23.5. The summed E-state index contributed by atoms with van der Waals surface area (Å²) in [5, 5.41) is 0. The minimum absolute atomic E-state index is 0.0374. The molecule has 0 fully saturated rings. The molecule has 2 heteroatoms. The van der Waals surface area contributed by atoms with Gasteiger partial charge in [-0.15, -0.1) is 0 Å². The van der Waals surface area contributed by atoms with Gasteiger partial charge in [-0.2, -0.15) is 0 Å². The van der Waals surface area contributed by atoms with Gasteiger partial charge in [-0.05, 0) is 0 Å². The van der Waals surface area contributed by atoms with E-state index < -0.39 is 19.6 Å². The van der Waals surface area contributed by atoms with E-state index in [1.807, 2.05) is 0 Å². The van der Waals surface area contributed by atoms with Gasteiger partial charge in [0.25, 0.3) is 0 Å². The molecule has 0 aromatic heterocycles. The van der Waals surface area contributed by atoms with Gasteiger partial charge in [0.05, 0.1) is 0 Å². The first kappa shape index (κ1) is 42.7. The molecule has 0 amide bonds. The second-order valence-electron chi connectivity index (χ2n) is 21.9. The monoisotopic (exact) mass is 785 g/mol. The van der Waals surface area contributed by atoms with Crippen molar-refractivity contribution in [1.82, 2.24) is 0 Å². The molecule has 3 aromatic carbocycles. The van der Waals surface area contributed by atoms with E-state index in [1.165, 1.54) is 50.2 Å². The molecule has 3 rings (SSSR count). The fraction of sp³-hybridized carbons (Fsp3) is 0.625. The van der Waals surface area contributed by atoms with Crippen LogP contribution in [-0.4, -0.2) is 19.6 Å². The van der Waals surface area contributed by atoms with Crippen molar-refractivity contribution in [3.63, 3.8) is 0 Å². The molecule has 3 aromatic rings. The summed E-state index contributed by atoms with van der Waals surface area (Å²) < 4.78 is 9.60. The Morgan fingerprint density at radius 2 is 0.680 bits per heavy atom. The minimum atomic E-state index is -3.31. The summed E-state index contributed by atoms with van der Waals surface area (Å²) in [5.74, 6) is 0.772. The van der Waals surface area contributed by atoms with E-state index in [1.54, 1.807) is 7.16 Å². The van der Waals surface area contributed by atoms with E-state index in [9.17, 15) is 0 Å². The number of hydrogen-bond acceptors (Lipinski definition) is 1. The third-order valence-corrected chi connectivity index (χ3v) is 17.3. The molecule has 1 nitrogen and oxygen atoms in total. The molecule has 0 unspecified atom stereocenters. The van der Waals surface area contributed by atoms with Gasteiger partial charge < -0.3 is 0 Å². The summed E-state index contributed by atoms with van der Waals surface area (Å²) in [4.78, 5) is 0. The third kappa shape index (κ3) is 9.43. The standard InChI is InChI=1S/2C18H29.C12H17N.Sn/c2*1-16(2,3)13-10-14(17(4,5)6)12-15(11-13)18(7,8)9;1-8(2)10-6-5-7-11(9(3)4)12(10)13;/h2*10-11H,1-9H3;5-9H,1-4H3;. The maximum atomic E-state index is 6.42. The van der Waals surface area contributed by atoms with Crippen molar-refractivity contribution in [2.45, 2.75) is 197 Å². The van der Waals surface area contributed by atoms with Crippen LogP contribution in [0.4, 0.5) is 5.69 Å². The Hall–Kier alpha value is -1.74. The van der Waals surface area contributed by atoms with E-state index in [-0.39, 0.29) is 32.5 Å². The summed E-state index contributed by atoms with van der Waals surface area (Å²) in [7, 11) is 0. The molecule has 0 radical (unpaired) electrons. The van der Waals surface area contributed by atoms with E-state index >= 15 is 0 Å². The summed E-state index contributed by atoms with van der Waals surface area (Å²) in [6.45, 7) is 52.9. The van der Waals surface area contributed by atoms with Crippen LogP contribution in [0.3, 0.4) is 0 Å². The Bertz CT molecular complexity index is 1530. The molecule has 0 saturated heterocycles. The molecular formula is C48H75NSn. The average molecular weight is 785 g/mol. The predicted octanol–water partition coefficient (Wildman–Crippen LogP) is 13.4. The van der Waals surface area contributed by atoms with Crippen molar-refractivity contribution in [2.24, 2.45) is 3.15 Å². The average Bonchev–Trinajstić information content (AvgIpc) is 2.91. The molecule has 276 valence electrons. The van der Waals surface area contributed by atoms with Gasteiger partial charge in [-0.1, -0.05) is 0 Å². The van der Waals surface area contributed by atoms with E-state index in [4.69, 9.17) is 3.15 Å². The summed E-state index contributed by atoms with van der Waals surface area (Å²) in [6, 6.07) is 17.3. The third-order valence-electron chi connectivity index (χ3n) is 10.3. The Kier molecular flexibility index (Phi) is 12.2. The van der Waals surface area contributed by atoms with Gasteiger partial charge in [0.15, 0.2) is 0 Å². The van der Waals surface area contributed by atoms with Crippen LogP contribution in [0.1, 0.15) is 209 Å². The molecule has 0 N–H and O–H groups in total. The van der Waals surface area contributed by atoms with Crippen LogP contribution in [0.15, 0.2) is 45.6 Å². The van der Waals surface area contributed by atoms with Crippen molar-refractivity contribution < 1.29 is 0 Å². The molecule has 0 bridgehead atoms. The fourth-order valence-electron chi connectivity index (χ4n) is 7.02. The molecule has 0 aliphatic carbocycles. The summed E-state index contributed by atoms with van der Waals surface area (Å²) in [5.41, 5.74) is 12.8. The number of benzene rings is 3. The Balaban J connectivity index is 2.97. The topological polar surface area (TPSA) is 12.4 Å². The first-order valence-electron chi connectivity index (χ1n) is 19.4. The molecular weight excluding hydrogens is 709 g/mol. The molecule has 0 aliphatic rings. The molecule has 0 heterocycles. The van der Waals surface area contributed by atoms with Crippen molar-refractivity contribution in [3.05, 3.63) is 87.0 Å². The van der Waals surface area contributed by atoms with Crippen LogP contribution in [0.2, 0.25) is 0 Å². The Labute approximate surface area is 317 Å². The van der Waals surface area contributed by atoms with Crippen LogP contribution in [0.25, 0.3) is 0 Å². The van der Waals surface area contributed by atoms with E-state index in [0.717, 1.165) is 0 Å². The Morgan fingerprint density at radius 3 is 0.880 bits per heavy atom. The van der Waals surface area contributed by atoms with Gasteiger partial charge >= 0.3 is 319 Å². The molecule has 0 saturated carbocycles. The zero-order valence-electron chi connectivity index (χ0n) is 36.6. The van der Waals surface area contributed by atoms with Crippen molar-refractivity contribution in [1.29, 1.82) is 0 Å². The first-order chi connectivity index (χ1) is 22.3. The number of rotatable bonds is 5. The van der Waals surface area contributed by atoms with Crippen LogP contribution in [0, 0.1) is 0 Å². The normalized spacial score (nSPS) is 13.8. The quantitative estimate of drug-likeness (QED) is 0.229. The van der Waals surface area contributed by atoms with Crippen LogP contribution in [-0.2, 0) is 32.5 Å². The van der Waals surface area contributed by atoms with Crippen molar-refractivity contribution in [2.75, 3.05) is 0 Å². The van der Waals surface area contributed by atoms with Crippen molar-refractivity contribution in [3.8, 4) is 0 Å². The van der Waals surface area contributed by atoms with Gasteiger partial charge in [0.2, 0.25) is 0 Å². The molecule has 0 aliphatic heterocycles. The second-order valence-corrected chi connectivity index (χ2v) is 27.4. The Morgan fingerprint density at radius 1 is 0.420 bits per heavy atom. The van der Waals surface area contributed by atoms with E-state index in [2.05, 4.69) is 195 Å². The van der Waals surface area contributed by atoms with E-state index in [0.29, 0.717) is 11.8 Å². The zero-order valence-corrected chi connectivity index (χ0v) is 39.5. The van der Waals surface area contributed by atoms with Crippen LogP contribution in [0.5, 0.6) is 0 Å². The fourth-order valence-corrected chi connectivity index (χ4v) is 17.8. The molecule has 50 heavy (non-hydrogen) atoms. The van der Waals surface area contributed by atoms with Gasteiger partial charge in [0, 0.05) is 0 Å². The van der Waals surface area contributed by atoms with Gasteiger partial charge in [-0.25, -0.2) is 0 Å². The molecule has 0 atom stereocenters. The predicted molar refractivity (Wildman–Crippen MR) is 227 cm³/mol. The van der Waals surface area contributed by atoms with Gasteiger partial charge in [-0.3, -0.25) is 0 Å². The SMILES string of the molecule is CC(C)c1cccc(C(C)C)c1[N]=[Sn]([c]1c(C(C)(C)C)cc(C(C)(C)C)cc1C(C)(C)C)[c]1c(C(C)(C)C)cc(C(C)(C)C)cc1C(C)(C)C. The van der Waals surface area contributed by atoms with Gasteiger partial charge in [0.1, 0.15) is 0 Å². The zero-order chi connectivity index (χ0) is 38.7. The summed E-state index contributed by atoms with van der Waals surface area (Å²) in [6.07, 6.45) is 0. The molecule has 0 spiro atoms. The van der Waals surface area contributed by atoms with Crippen LogP contribution < -0.4 is 7.16 Å². The number of nitrogens with zero attached hydrogens (tertiary/aromatic N) is 1.